The Morgan fingerprint density at radius 1 is 1.04 bits per heavy atom. The summed E-state index contributed by atoms with van der Waals surface area (Å²) in [4.78, 5) is 11.8. The number of carbonyl (C=O) groups excluding carboxylic acids is 1. The molecular weight excluding hydrogens is 348 g/mol. The van der Waals surface area contributed by atoms with Crippen LogP contribution in [0.1, 0.15) is 63.9 Å². The molecule has 3 nitrogen and oxygen atoms in total. The summed E-state index contributed by atoms with van der Waals surface area (Å²) >= 11 is 0. The minimum Gasteiger partial charge on any atom is -0.464 e. The molecule has 1 aromatic carbocycles. The molecule has 0 radical (unpaired) electrons. The molecule has 0 aliphatic heterocycles. The third-order valence-electron chi connectivity index (χ3n) is 4.08. The van der Waals surface area contributed by atoms with Gasteiger partial charge in [0, 0.05) is 12.8 Å². The van der Waals surface area contributed by atoms with Crippen LogP contribution in [0.2, 0.25) is 0 Å². The van der Waals surface area contributed by atoms with Gasteiger partial charge in [-0.2, -0.15) is 0 Å². The van der Waals surface area contributed by atoms with Crippen molar-refractivity contribution in [2.24, 2.45) is 0 Å². The van der Waals surface area contributed by atoms with Crippen molar-refractivity contribution in [2.45, 2.75) is 70.8 Å². The number of aryl methyl sites for hydroxylation is 1. The lowest BCUT2D eigenvalue weighted by atomic mass is 10.1. The second-order valence-electron chi connectivity index (χ2n) is 6.60. The predicted octanol–water partition coefficient (Wildman–Crippen LogP) is 4.84. The molecular formula is C25H32O3. The van der Waals surface area contributed by atoms with Crippen molar-refractivity contribution in [3.05, 3.63) is 48.0 Å². The second kappa shape index (κ2) is 16.7. The molecule has 0 saturated carbocycles. The number of carbonyl (C=O) groups is 1. The summed E-state index contributed by atoms with van der Waals surface area (Å²) in [5, 5.41) is 9.87. The fourth-order valence-electron chi connectivity index (χ4n) is 2.51. The van der Waals surface area contributed by atoms with Crippen LogP contribution in [0.5, 0.6) is 0 Å². The van der Waals surface area contributed by atoms with Gasteiger partial charge in [0.15, 0.2) is 6.10 Å². The zero-order chi connectivity index (χ0) is 20.3. The first kappa shape index (κ1) is 23.5. The van der Waals surface area contributed by atoms with Crippen LogP contribution in [-0.4, -0.2) is 23.8 Å². The number of aliphatic hydroxyl groups excluding tert-OH is 1. The summed E-state index contributed by atoms with van der Waals surface area (Å²) in [5.74, 6) is 11.5. The van der Waals surface area contributed by atoms with Gasteiger partial charge in [-0.3, -0.25) is 0 Å². The van der Waals surface area contributed by atoms with Crippen LogP contribution in [0.25, 0.3) is 0 Å². The lowest BCUT2D eigenvalue weighted by Crippen LogP contribution is -2.23. The molecule has 0 saturated heterocycles. The summed E-state index contributed by atoms with van der Waals surface area (Å²) in [5.41, 5.74) is 1.22. The van der Waals surface area contributed by atoms with Gasteiger partial charge in [0.1, 0.15) is 0 Å². The van der Waals surface area contributed by atoms with Crippen LogP contribution in [-0.2, 0) is 16.0 Å². The predicted molar refractivity (Wildman–Crippen MR) is 114 cm³/mol. The quantitative estimate of drug-likeness (QED) is 0.339. The highest BCUT2D eigenvalue weighted by molar-refractivity contribution is 5.74. The maximum atomic E-state index is 11.8. The van der Waals surface area contributed by atoms with Gasteiger partial charge < -0.3 is 9.84 Å². The zero-order valence-electron chi connectivity index (χ0n) is 17.0. The first-order valence-electron chi connectivity index (χ1n) is 10.2. The van der Waals surface area contributed by atoms with Gasteiger partial charge in [0.05, 0.1) is 6.61 Å². The van der Waals surface area contributed by atoms with Gasteiger partial charge in [-0.05, 0) is 49.8 Å². The molecule has 1 rings (SSSR count). The number of unbranched alkanes of at least 4 members (excludes halogenated alkanes) is 4. The molecule has 0 aromatic heterocycles. The Hall–Kier alpha value is -2.49. The Labute approximate surface area is 170 Å². The summed E-state index contributed by atoms with van der Waals surface area (Å²) in [6.45, 7) is 2.45. The van der Waals surface area contributed by atoms with E-state index in [1.807, 2.05) is 18.2 Å². The molecule has 3 heteroatoms. The molecule has 0 amide bonds. The highest BCUT2D eigenvalue weighted by atomic mass is 16.5. The molecule has 1 aromatic rings. The van der Waals surface area contributed by atoms with Crippen molar-refractivity contribution in [2.75, 3.05) is 6.61 Å². The zero-order valence-corrected chi connectivity index (χ0v) is 17.0. The topological polar surface area (TPSA) is 46.5 Å². The number of esters is 1. The first-order chi connectivity index (χ1) is 13.7. The fraction of sp³-hybridized carbons (Fsp3) is 0.480. The number of ether oxygens (including phenoxy) is 1. The third kappa shape index (κ3) is 12.8. The Kier molecular flexibility index (Phi) is 14.0. The van der Waals surface area contributed by atoms with Gasteiger partial charge in [-0.15, -0.1) is 0 Å². The van der Waals surface area contributed by atoms with Gasteiger partial charge in [0.2, 0.25) is 0 Å². The molecule has 0 spiro atoms. The van der Waals surface area contributed by atoms with Crippen molar-refractivity contribution in [3.63, 3.8) is 0 Å². The van der Waals surface area contributed by atoms with E-state index in [1.54, 1.807) is 12.2 Å². The third-order valence-corrected chi connectivity index (χ3v) is 4.08. The van der Waals surface area contributed by atoms with E-state index >= 15 is 0 Å². The van der Waals surface area contributed by atoms with Crippen LogP contribution in [0.15, 0.2) is 42.5 Å². The Balaban J connectivity index is 2.01. The molecule has 0 fully saturated rings. The first-order valence-corrected chi connectivity index (χ1v) is 10.2. The van der Waals surface area contributed by atoms with E-state index < -0.39 is 12.1 Å². The van der Waals surface area contributed by atoms with E-state index in [-0.39, 0.29) is 0 Å². The summed E-state index contributed by atoms with van der Waals surface area (Å²) in [6, 6.07) is 10.1. The van der Waals surface area contributed by atoms with Crippen molar-refractivity contribution in [1.82, 2.24) is 0 Å². The van der Waals surface area contributed by atoms with Crippen molar-refractivity contribution in [3.8, 4) is 23.7 Å². The standard InChI is InChI=1S/C25H32O3/c1-2-3-4-5-6-7-8-9-10-11-12-16-21-24(26)25(27)28-22-17-20-23-18-14-13-15-19-23/h6-7,13-15,18-19,24,26H,2-3,10-12,16-17,20-22H2,1H3/b7-6-. The van der Waals surface area contributed by atoms with E-state index in [9.17, 15) is 9.90 Å². The van der Waals surface area contributed by atoms with E-state index in [0.29, 0.717) is 13.0 Å². The number of benzene rings is 1. The van der Waals surface area contributed by atoms with Crippen LogP contribution in [0.3, 0.4) is 0 Å². The summed E-state index contributed by atoms with van der Waals surface area (Å²) in [6.07, 6.45) is 10.1. The van der Waals surface area contributed by atoms with Crippen LogP contribution >= 0.6 is 0 Å². The average molecular weight is 381 g/mol. The molecule has 0 aliphatic rings. The lowest BCUT2D eigenvalue weighted by molar-refractivity contribution is -0.154. The largest absolute Gasteiger partial charge is 0.464 e. The van der Waals surface area contributed by atoms with Crippen LogP contribution in [0.4, 0.5) is 0 Å². The van der Waals surface area contributed by atoms with Crippen LogP contribution in [0, 0.1) is 23.7 Å². The van der Waals surface area contributed by atoms with Crippen molar-refractivity contribution < 1.29 is 14.6 Å². The maximum absolute atomic E-state index is 11.8. The molecule has 1 N–H and O–H groups in total. The number of rotatable bonds is 11. The Morgan fingerprint density at radius 2 is 1.75 bits per heavy atom. The molecule has 150 valence electrons. The molecule has 28 heavy (non-hydrogen) atoms. The molecule has 0 bridgehead atoms. The minimum atomic E-state index is -1.02. The number of hydrogen-bond acceptors (Lipinski definition) is 3. The average Bonchev–Trinajstić information content (AvgIpc) is 2.72. The van der Waals surface area contributed by atoms with E-state index in [0.717, 1.165) is 51.4 Å². The smallest absolute Gasteiger partial charge is 0.334 e. The monoisotopic (exact) mass is 380 g/mol. The van der Waals surface area contributed by atoms with Gasteiger partial charge in [0.25, 0.3) is 0 Å². The lowest BCUT2D eigenvalue weighted by Gasteiger charge is -2.10. The molecule has 1 unspecified atom stereocenters. The van der Waals surface area contributed by atoms with Gasteiger partial charge in [-0.1, -0.05) is 73.8 Å². The highest BCUT2D eigenvalue weighted by Crippen LogP contribution is 2.08. The van der Waals surface area contributed by atoms with E-state index in [4.69, 9.17) is 4.74 Å². The molecule has 1 atom stereocenters. The Morgan fingerprint density at radius 3 is 2.46 bits per heavy atom. The van der Waals surface area contributed by atoms with E-state index in [2.05, 4.69) is 42.7 Å². The number of hydrogen-bond donors (Lipinski definition) is 1. The van der Waals surface area contributed by atoms with Crippen LogP contribution < -0.4 is 0 Å². The summed E-state index contributed by atoms with van der Waals surface area (Å²) in [7, 11) is 0. The van der Waals surface area contributed by atoms with Gasteiger partial charge >= 0.3 is 5.97 Å². The summed E-state index contributed by atoms with van der Waals surface area (Å²) < 4.78 is 5.15. The fourth-order valence-corrected chi connectivity index (χ4v) is 2.51. The number of aliphatic hydroxyl groups is 1. The van der Waals surface area contributed by atoms with Gasteiger partial charge in [-0.25, -0.2) is 4.79 Å². The maximum Gasteiger partial charge on any atom is 0.334 e. The second-order valence-corrected chi connectivity index (χ2v) is 6.60. The van der Waals surface area contributed by atoms with Crippen molar-refractivity contribution in [1.29, 1.82) is 0 Å². The normalized spacial score (nSPS) is 11.2. The highest BCUT2D eigenvalue weighted by Gasteiger charge is 2.15. The Bertz CT molecular complexity index is 683. The van der Waals surface area contributed by atoms with Crippen molar-refractivity contribution >= 4 is 5.97 Å². The van der Waals surface area contributed by atoms with E-state index in [1.165, 1.54) is 5.56 Å². The number of allylic oxidation sites excluding steroid dienone is 2. The minimum absolute atomic E-state index is 0.344. The molecule has 0 heterocycles. The molecule has 0 aliphatic carbocycles. The SMILES string of the molecule is CCCC#C/C=C\C#CCCCCCC(O)C(=O)OCCCc1ccccc1.